The second kappa shape index (κ2) is 5.26. The standard InChI is InChI=1S/C17H26N2/c1-17(2)9-5-11-19(13-17)12-16-15-7-4-3-6-14(15)8-10-18-16/h3-4,6-7,16,18H,5,8-13H2,1-2H3. The Morgan fingerprint density at radius 3 is 3.00 bits per heavy atom. The van der Waals surface area contributed by atoms with E-state index in [2.05, 4.69) is 48.3 Å². The monoisotopic (exact) mass is 258 g/mol. The SMILES string of the molecule is CC1(C)CCCN(CC2NCCc3ccccc32)C1. The lowest BCUT2D eigenvalue weighted by Crippen LogP contribution is -2.45. The highest BCUT2D eigenvalue weighted by molar-refractivity contribution is 5.32. The van der Waals surface area contributed by atoms with Gasteiger partial charge in [0.15, 0.2) is 0 Å². The Bertz CT molecular complexity index is 439. The van der Waals surface area contributed by atoms with Gasteiger partial charge in [0.05, 0.1) is 0 Å². The van der Waals surface area contributed by atoms with Gasteiger partial charge in [-0.3, -0.25) is 0 Å². The van der Waals surface area contributed by atoms with Crippen molar-refractivity contribution in [2.75, 3.05) is 26.2 Å². The molecule has 1 fully saturated rings. The van der Waals surface area contributed by atoms with Crippen molar-refractivity contribution >= 4 is 0 Å². The van der Waals surface area contributed by atoms with E-state index in [-0.39, 0.29) is 0 Å². The van der Waals surface area contributed by atoms with Gasteiger partial charge in [-0.15, -0.1) is 0 Å². The molecule has 0 amide bonds. The Kier molecular flexibility index (Phi) is 3.64. The summed E-state index contributed by atoms with van der Waals surface area (Å²) in [5, 5.41) is 3.71. The molecule has 0 aliphatic carbocycles. The topological polar surface area (TPSA) is 15.3 Å². The van der Waals surface area contributed by atoms with Crippen LogP contribution in [0.1, 0.15) is 43.9 Å². The van der Waals surface area contributed by atoms with Crippen LogP contribution in [-0.4, -0.2) is 31.1 Å². The van der Waals surface area contributed by atoms with E-state index in [0.717, 1.165) is 6.54 Å². The van der Waals surface area contributed by atoms with Gasteiger partial charge in [0, 0.05) is 19.1 Å². The predicted molar refractivity (Wildman–Crippen MR) is 80.3 cm³/mol. The molecule has 2 heterocycles. The molecule has 2 aliphatic rings. The Morgan fingerprint density at radius 1 is 1.32 bits per heavy atom. The fraction of sp³-hybridized carbons (Fsp3) is 0.647. The summed E-state index contributed by atoms with van der Waals surface area (Å²) in [6.45, 7) is 9.61. The third kappa shape index (κ3) is 3.01. The lowest BCUT2D eigenvalue weighted by molar-refractivity contribution is 0.106. The highest BCUT2D eigenvalue weighted by atomic mass is 15.2. The van der Waals surface area contributed by atoms with Gasteiger partial charge in [-0.25, -0.2) is 0 Å². The van der Waals surface area contributed by atoms with E-state index in [0.29, 0.717) is 11.5 Å². The molecule has 1 aromatic carbocycles. The molecule has 0 radical (unpaired) electrons. The number of hydrogen-bond donors (Lipinski definition) is 1. The quantitative estimate of drug-likeness (QED) is 0.877. The predicted octanol–water partition coefficient (Wildman–Crippen LogP) is 3.00. The van der Waals surface area contributed by atoms with E-state index in [4.69, 9.17) is 0 Å². The van der Waals surface area contributed by atoms with E-state index in [1.165, 1.54) is 44.5 Å². The van der Waals surface area contributed by atoms with Crippen LogP contribution in [0.2, 0.25) is 0 Å². The number of benzene rings is 1. The maximum atomic E-state index is 3.71. The molecule has 0 spiro atoms. The minimum absolute atomic E-state index is 0.492. The number of nitrogens with one attached hydrogen (secondary N) is 1. The van der Waals surface area contributed by atoms with Gasteiger partial charge in [-0.05, 0) is 48.9 Å². The molecule has 1 N–H and O–H groups in total. The molecule has 0 bridgehead atoms. The smallest absolute Gasteiger partial charge is 0.0452 e. The molecule has 0 aromatic heterocycles. The average Bonchev–Trinajstić information content (AvgIpc) is 2.38. The van der Waals surface area contributed by atoms with Crippen LogP contribution >= 0.6 is 0 Å². The van der Waals surface area contributed by atoms with Crippen LogP contribution in [0.15, 0.2) is 24.3 Å². The summed E-state index contributed by atoms with van der Waals surface area (Å²) in [7, 11) is 0. The minimum Gasteiger partial charge on any atom is -0.309 e. The van der Waals surface area contributed by atoms with Gasteiger partial charge >= 0.3 is 0 Å². The Hall–Kier alpha value is -0.860. The summed E-state index contributed by atoms with van der Waals surface area (Å²) >= 11 is 0. The van der Waals surface area contributed by atoms with E-state index < -0.39 is 0 Å². The zero-order valence-corrected chi connectivity index (χ0v) is 12.3. The Balaban J connectivity index is 1.71. The van der Waals surface area contributed by atoms with Gasteiger partial charge < -0.3 is 10.2 Å². The van der Waals surface area contributed by atoms with Gasteiger partial charge in [0.25, 0.3) is 0 Å². The number of likely N-dealkylation sites (tertiary alicyclic amines) is 1. The van der Waals surface area contributed by atoms with Crippen LogP contribution in [0.5, 0.6) is 0 Å². The van der Waals surface area contributed by atoms with E-state index >= 15 is 0 Å². The molecule has 3 rings (SSSR count). The first-order chi connectivity index (χ1) is 9.14. The average molecular weight is 258 g/mol. The van der Waals surface area contributed by atoms with Crippen molar-refractivity contribution in [3.05, 3.63) is 35.4 Å². The molecule has 0 saturated carbocycles. The molecule has 104 valence electrons. The number of piperidine rings is 1. The lowest BCUT2D eigenvalue weighted by Gasteiger charge is -2.40. The van der Waals surface area contributed by atoms with Crippen LogP contribution in [-0.2, 0) is 6.42 Å². The van der Waals surface area contributed by atoms with Gasteiger partial charge in [0.2, 0.25) is 0 Å². The van der Waals surface area contributed by atoms with Gasteiger partial charge in [0.1, 0.15) is 0 Å². The normalized spacial score (nSPS) is 26.9. The summed E-state index contributed by atoms with van der Waals surface area (Å²) in [4.78, 5) is 2.66. The minimum atomic E-state index is 0.492. The lowest BCUT2D eigenvalue weighted by atomic mass is 9.83. The van der Waals surface area contributed by atoms with E-state index in [1.807, 2.05) is 0 Å². The molecule has 2 nitrogen and oxygen atoms in total. The van der Waals surface area contributed by atoms with Crippen molar-refractivity contribution in [1.29, 1.82) is 0 Å². The second-order valence-corrected chi connectivity index (χ2v) is 6.96. The number of nitrogens with zero attached hydrogens (tertiary/aromatic N) is 1. The number of hydrogen-bond acceptors (Lipinski definition) is 2. The van der Waals surface area contributed by atoms with Crippen molar-refractivity contribution in [3.8, 4) is 0 Å². The Labute approximate surface area is 117 Å². The molecule has 19 heavy (non-hydrogen) atoms. The first-order valence-corrected chi connectivity index (χ1v) is 7.68. The Morgan fingerprint density at radius 2 is 2.16 bits per heavy atom. The molecule has 2 aliphatic heterocycles. The van der Waals surface area contributed by atoms with Gasteiger partial charge in [-0.2, -0.15) is 0 Å². The highest BCUT2D eigenvalue weighted by Gasteiger charge is 2.29. The number of fused-ring (bicyclic) bond motifs is 1. The second-order valence-electron chi connectivity index (χ2n) is 6.96. The molecule has 1 atom stereocenters. The van der Waals surface area contributed by atoms with Crippen molar-refractivity contribution < 1.29 is 0 Å². The van der Waals surface area contributed by atoms with E-state index in [9.17, 15) is 0 Å². The first-order valence-electron chi connectivity index (χ1n) is 7.68. The summed E-state index contributed by atoms with van der Waals surface area (Å²) in [5.74, 6) is 0. The third-order valence-corrected chi connectivity index (χ3v) is 4.64. The van der Waals surface area contributed by atoms with Crippen LogP contribution < -0.4 is 5.32 Å². The maximum absolute atomic E-state index is 3.71. The van der Waals surface area contributed by atoms with Crippen LogP contribution in [0, 0.1) is 5.41 Å². The fourth-order valence-corrected chi connectivity index (χ4v) is 3.71. The van der Waals surface area contributed by atoms with Crippen molar-refractivity contribution in [3.63, 3.8) is 0 Å². The van der Waals surface area contributed by atoms with Crippen molar-refractivity contribution in [2.45, 2.75) is 39.2 Å². The zero-order chi connectivity index (χ0) is 13.3. The van der Waals surface area contributed by atoms with Crippen LogP contribution in [0.3, 0.4) is 0 Å². The largest absolute Gasteiger partial charge is 0.309 e. The summed E-state index contributed by atoms with van der Waals surface area (Å²) in [6, 6.07) is 9.48. The first kappa shape index (κ1) is 13.1. The molecule has 1 saturated heterocycles. The molecule has 1 unspecified atom stereocenters. The summed E-state index contributed by atoms with van der Waals surface area (Å²) in [5.41, 5.74) is 3.56. The molecule has 1 aromatic rings. The van der Waals surface area contributed by atoms with Crippen molar-refractivity contribution in [2.24, 2.45) is 5.41 Å². The summed E-state index contributed by atoms with van der Waals surface area (Å²) < 4.78 is 0. The zero-order valence-electron chi connectivity index (χ0n) is 12.3. The van der Waals surface area contributed by atoms with Crippen LogP contribution in [0.25, 0.3) is 0 Å². The maximum Gasteiger partial charge on any atom is 0.0452 e. The fourth-order valence-electron chi connectivity index (χ4n) is 3.71. The summed E-state index contributed by atoms with van der Waals surface area (Å²) in [6.07, 6.45) is 3.90. The van der Waals surface area contributed by atoms with Crippen molar-refractivity contribution in [1.82, 2.24) is 10.2 Å². The van der Waals surface area contributed by atoms with Crippen LogP contribution in [0.4, 0.5) is 0 Å². The number of rotatable bonds is 2. The third-order valence-electron chi connectivity index (χ3n) is 4.64. The molecular weight excluding hydrogens is 232 g/mol. The molecular formula is C17H26N2. The van der Waals surface area contributed by atoms with E-state index in [1.54, 1.807) is 5.56 Å². The van der Waals surface area contributed by atoms with Gasteiger partial charge in [-0.1, -0.05) is 38.1 Å². The highest BCUT2D eigenvalue weighted by Crippen LogP contribution is 2.30. The molecule has 2 heteroatoms.